The van der Waals surface area contributed by atoms with Crippen LogP contribution >= 0.6 is 15.9 Å². The summed E-state index contributed by atoms with van der Waals surface area (Å²) in [6.45, 7) is 1.91. The minimum absolute atomic E-state index is 0.280. The number of benzene rings is 1. The second-order valence-electron chi connectivity index (χ2n) is 3.94. The van der Waals surface area contributed by atoms with Gasteiger partial charge in [-0.25, -0.2) is 9.37 Å². The highest BCUT2D eigenvalue weighted by molar-refractivity contribution is 9.10. The average molecular weight is 329 g/mol. The fraction of sp³-hybridized carbons (Fsp3) is 0.308. The Morgan fingerprint density at radius 1 is 1.47 bits per heavy atom. The Morgan fingerprint density at radius 2 is 2.32 bits per heavy atom. The molecule has 0 radical (unpaired) electrons. The number of methoxy groups -OCH3 is 1. The van der Waals surface area contributed by atoms with E-state index in [4.69, 9.17) is 9.15 Å². The van der Waals surface area contributed by atoms with Gasteiger partial charge in [0.2, 0.25) is 5.89 Å². The Labute approximate surface area is 119 Å². The van der Waals surface area contributed by atoms with Gasteiger partial charge in [-0.3, -0.25) is 0 Å². The topological polar surface area (TPSA) is 47.3 Å². The predicted molar refractivity (Wildman–Crippen MR) is 73.2 cm³/mol. The molecule has 0 spiro atoms. The number of hydrogen-bond acceptors (Lipinski definition) is 4. The summed E-state index contributed by atoms with van der Waals surface area (Å²) in [7, 11) is 1.64. The van der Waals surface area contributed by atoms with E-state index in [2.05, 4.69) is 26.2 Å². The van der Waals surface area contributed by atoms with Gasteiger partial charge >= 0.3 is 0 Å². The maximum Gasteiger partial charge on any atom is 0.229 e. The zero-order valence-corrected chi connectivity index (χ0v) is 12.0. The van der Waals surface area contributed by atoms with Crippen molar-refractivity contribution in [3.05, 3.63) is 40.4 Å². The lowest BCUT2D eigenvalue weighted by Gasteiger charge is -2.00. The molecule has 2 aromatic rings. The van der Waals surface area contributed by atoms with Gasteiger partial charge in [-0.1, -0.05) is 15.9 Å². The summed E-state index contributed by atoms with van der Waals surface area (Å²) in [5.74, 6) is -0.0775. The van der Waals surface area contributed by atoms with E-state index in [0.717, 1.165) is 16.7 Å². The van der Waals surface area contributed by atoms with E-state index in [-0.39, 0.29) is 11.7 Å². The Kier molecular flexibility index (Phi) is 5.07. The summed E-state index contributed by atoms with van der Waals surface area (Å²) < 4.78 is 24.7. The van der Waals surface area contributed by atoms with Crippen LogP contribution in [0.25, 0.3) is 11.5 Å². The molecule has 2 rings (SSSR count). The van der Waals surface area contributed by atoms with Crippen molar-refractivity contribution in [2.24, 2.45) is 0 Å². The molecular weight excluding hydrogens is 315 g/mol. The van der Waals surface area contributed by atoms with Gasteiger partial charge in [0.05, 0.1) is 17.9 Å². The highest BCUT2D eigenvalue weighted by Gasteiger charge is 2.11. The minimum Gasteiger partial charge on any atom is -0.444 e. The lowest BCUT2D eigenvalue weighted by atomic mass is 10.2. The smallest absolute Gasteiger partial charge is 0.229 e. The molecule has 0 bridgehead atoms. The number of nitrogens with zero attached hydrogens (tertiary/aromatic N) is 1. The molecule has 1 N–H and O–H groups in total. The average Bonchev–Trinajstić information content (AvgIpc) is 2.86. The number of oxazole rings is 1. The molecule has 6 heteroatoms. The van der Waals surface area contributed by atoms with Gasteiger partial charge in [-0.2, -0.15) is 0 Å². The van der Waals surface area contributed by atoms with E-state index < -0.39 is 0 Å². The van der Waals surface area contributed by atoms with Crippen LogP contribution < -0.4 is 5.32 Å². The fourth-order valence-electron chi connectivity index (χ4n) is 1.56. The van der Waals surface area contributed by atoms with E-state index in [1.54, 1.807) is 19.2 Å². The van der Waals surface area contributed by atoms with Crippen LogP contribution in [0.2, 0.25) is 0 Å². The fourth-order valence-corrected chi connectivity index (χ4v) is 1.93. The van der Waals surface area contributed by atoms with E-state index in [1.807, 2.05) is 0 Å². The largest absolute Gasteiger partial charge is 0.444 e. The first kappa shape index (κ1) is 14.2. The second kappa shape index (κ2) is 6.79. The molecule has 0 fully saturated rings. The zero-order valence-electron chi connectivity index (χ0n) is 10.5. The third kappa shape index (κ3) is 3.86. The highest BCUT2D eigenvalue weighted by Crippen LogP contribution is 2.25. The van der Waals surface area contributed by atoms with Crippen LogP contribution in [0.5, 0.6) is 0 Å². The second-order valence-corrected chi connectivity index (χ2v) is 4.85. The molecule has 4 nitrogen and oxygen atoms in total. The third-order valence-corrected chi connectivity index (χ3v) is 2.99. The summed E-state index contributed by atoms with van der Waals surface area (Å²) in [4.78, 5) is 4.25. The van der Waals surface area contributed by atoms with Gasteiger partial charge < -0.3 is 14.5 Å². The van der Waals surface area contributed by atoms with Crippen molar-refractivity contribution in [2.75, 3.05) is 20.3 Å². The predicted octanol–water partition coefficient (Wildman–Crippen LogP) is 2.98. The molecule has 0 aliphatic heterocycles. The number of rotatable bonds is 6. The molecular formula is C13H14BrFN2O2. The van der Waals surface area contributed by atoms with Crippen molar-refractivity contribution in [2.45, 2.75) is 6.54 Å². The van der Waals surface area contributed by atoms with Crippen LogP contribution in [0.1, 0.15) is 5.69 Å². The maximum absolute atomic E-state index is 13.7. The molecule has 0 saturated heterocycles. The van der Waals surface area contributed by atoms with Crippen molar-refractivity contribution >= 4 is 15.9 Å². The summed E-state index contributed by atoms with van der Waals surface area (Å²) >= 11 is 3.30. The first-order valence-corrected chi connectivity index (χ1v) is 6.59. The van der Waals surface area contributed by atoms with Gasteiger partial charge in [0.15, 0.2) is 0 Å². The molecule has 0 amide bonds. The van der Waals surface area contributed by atoms with Crippen LogP contribution in [0.4, 0.5) is 4.39 Å². The van der Waals surface area contributed by atoms with Gasteiger partial charge in [0.1, 0.15) is 12.1 Å². The van der Waals surface area contributed by atoms with Crippen molar-refractivity contribution in [1.29, 1.82) is 0 Å². The van der Waals surface area contributed by atoms with E-state index in [1.165, 1.54) is 12.3 Å². The Hall–Kier alpha value is -1.24. The molecule has 0 unspecified atom stereocenters. The number of halogens is 2. The van der Waals surface area contributed by atoms with Gasteiger partial charge in [-0.05, 0) is 18.2 Å². The molecule has 1 aromatic carbocycles. The number of ether oxygens (including phenoxy) is 1. The molecule has 19 heavy (non-hydrogen) atoms. The SMILES string of the molecule is COCCNCc1coc(-c2cc(Br)ccc2F)n1. The highest BCUT2D eigenvalue weighted by atomic mass is 79.9. The molecule has 0 aliphatic rings. The van der Waals surface area contributed by atoms with Crippen molar-refractivity contribution in [3.63, 3.8) is 0 Å². The van der Waals surface area contributed by atoms with Crippen molar-refractivity contribution in [1.82, 2.24) is 10.3 Å². The van der Waals surface area contributed by atoms with Crippen LogP contribution in [0.3, 0.4) is 0 Å². The monoisotopic (exact) mass is 328 g/mol. The van der Waals surface area contributed by atoms with E-state index >= 15 is 0 Å². The quantitative estimate of drug-likeness (QED) is 0.828. The first-order chi connectivity index (χ1) is 9.20. The first-order valence-electron chi connectivity index (χ1n) is 5.80. The molecule has 102 valence electrons. The normalized spacial score (nSPS) is 10.9. The summed E-state index contributed by atoms with van der Waals surface area (Å²) in [5, 5.41) is 3.14. The van der Waals surface area contributed by atoms with Crippen molar-refractivity contribution in [3.8, 4) is 11.5 Å². The minimum atomic E-state index is -0.357. The van der Waals surface area contributed by atoms with Gasteiger partial charge in [0.25, 0.3) is 0 Å². The molecule has 0 aliphatic carbocycles. The van der Waals surface area contributed by atoms with Crippen LogP contribution in [-0.4, -0.2) is 25.2 Å². The van der Waals surface area contributed by atoms with E-state index in [9.17, 15) is 4.39 Å². The maximum atomic E-state index is 13.7. The summed E-state index contributed by atoms with van der Waals surface area (Å²) in [5.41, 5.74) is 1.07. The van der Waals surface area contributed by atoms with Gasteiger partial charge in [0, 0.05) is 24.7 Å². The lowest BCUT2D eigenvalue weighted by molar-refractivity contribution is 0.199. The summed E-state index contributed by atoms with van der Waals surface area (Å²) in [6, 6.07) is 4.65. The van der Waals surface area contributed by atoms with Crippen LogP contribution in [-0.2, 0) is 11.3 Å². The Morgan fingerprint density at radius 3 is 3.11 bits per heavy atom. The molecule has 1 aromatic heterocycles. The lowest BCUT2D eigenvalue weighted by Crippen LogP contribution is -2.18. The van der Waals surface area contributed by atoms with Crippen molar-refractivity contribution < 1.29 is 13.5 Å². The number of nitrogens with one attached hydrogen (secondary N) is 1. The van der Waals surface area contributed by atoms with Gasteiger partial charge in [-0.15, -0.1) is 0 Å². The number of hydrogen-bond donors (Lipinski definition) is 1. The number of aromatic nitrogens is 1. The molecule has 1 heterocycles. The third-order valence-electron chi connectivity index (χ3n) is 2.50. The van der Waals surface area contributed by atoms with E-state index in [0.29, 0.717) is 18.7 Å². The van der Waals surface area contributed by atoms with Crippen LogP contribution in [0, 0.1) is 5.82 Å². The summed E-state index contributed by atoms with van der Waals surface area (Å²) in [6.07, 6.45) is 1.52. The molecule has 0 saturated carbocycles. The standard InChI is InChI=1S/C13H14BrFN2O2/c1-18-5-4-16-7-10-8-19-13(17-10)11-6-9(14)2-3-12(11)15/h2-3,6,8,16H,4-5,7H2,1H3. The zero-order chi connectivity index (χ0) is 13.7. The Balaban J connectivity index is 2.06. The Bertz CT molecular complexity index is 545. The van der Waals surface area contributed by atoms with Crippen LogP contribution in [0.15, 0.2) is 33.4 Å². The molecule has 0 atom stereocenters.